The Hall–Kier alpha value is -0.890. The van der Waals surface area contributed by atoms with Crippen LogP contribution in [0.4, 0.5) is 0 Å². The van der Waals surface area contributed by atoms with Gasteiger partial charge < -0.3 is 4.74 Å². The first-order chi connectivity index (χ1) is 6.80. The Bertz CT molecular complexity index is 376. The maximum Gasteiger partial charge on any atom is 0.159 e. The van der Waals surface area contributed by atoms with Crippen LogP contribution in [0.1, 0.15) is 6.42 Å². The van der Waals surface area contributed by atoms with Gasteiger partial charge in [0, 0.05) is 11.8 Å². The molecule has 0 aromatic rings. The van der Waals surface area contributed by atoms with E-state index in [1.54, 1.807) is 6.08 Å². The molecule has 1 aliphatic heterocycles. The molecule has 2 unspecified atom stereocenters. The number of hydrogen-bond donors (Lipinski definition) is 0. The first-order valence-corrected chi connectivity index (χ1v) is 5.36. The molecule has 14 heavy (non-hydrogen) atoms. The molecule has 72 valence electrons. The lowest BCUT2D eigenvalue weighted by atomic mass is 9.70. The fourth-order valence-corrected chi connectivity index (χ4v) is 3.69. The number of fused-ring (bicyclic) bond motifs is 6. The normalized spacial score (nSPS) is 57.0. The Morgan fingerprint density at radius 2 is 2.14 bits per heavy atom. The van der Waals surface area contributed by atoms with E-state index in [0.29, 0.717) is 23.5 Å². The van der Waals surface area contributed by atoms with E-state index < -0.39 is 0 Å². The Morgan fingerprint density at radius 1 is 1.36 bits per heavy atom. The third-order valence-electron chi connectivity index (χ3n) is 4.36. The van der Waals surface area contributed by atoms with Gasteiger partial charge in [0.25, 0.3) is 0 Å². The molecule has 2 heteroatoms. The number of carbonyl (C=O) groups is 1. The van der Waals surface area contributed by atoms with Crippen molar-refractivity contribution in [2.45, 2.75) is 12.0 Å². The van der Waals surface area contributed by atoms with Gasteiger partial charge in [-0.05, 0) is 30.4 Å². The quantitative estimate of drug-likeness (QED) is 0.424. The molecule has 3 aliphatic carbocycles. The van der Waals surface area contributed by atoms with E-state index in [4.69, 9.17) is 4.74 Å². The van der Waals surface area contributed by atoms with E-state index in [9.17, 15) is 4.79 Å². The monoisotopic (exact) mass is 188 g/mol. The summed E-state index contributed by atoms with van der Waals surface area (Å²) in [6.07, 6.45) is 9.46. The topological polar surface area (TPSA) is 29.6 Å². The van der Waals surface area contributed by atoms with E-state index in [1.165, 1.54) is 6.42 Å². The molecule has 4 aliphatic rings. The van der Waals surface area contributed by atoms with Crippen LogP contribution in [0.2, 0.25) is 0 Å². The van der Waals surface area contributed by atoms with Crippen LogP contribution < -0.4 is 0 Å². The SMILES string of the molecule is O=C1C=C[C@]2(CO2)[C@H]2C3C=CC(C3)[C@@H]12. The minimum Gasteiger partial charge on any atom is -0.365 e. The fourth-order valence-electron chi connectivity index (χ4n) is 3.69. The van der Waals surface area contributed by atoms with Gasteiger partial charge in [0.2, 0.25) is 0 Å². The summed E-state index contributed by atoms with van der Waals surface area (Å²) >= 11 is 0. The van der Waals surface area contributed by atoms with Crippen LogP contribution in [-0.2, 0) is 9.53 Å². The standard InChI is InChI=1S/C12H12O2/c13-9-3-4-12(6-14-12)11-8-2-1-7(5-8)10(9)11/h1-4,7-8,10-11H,5-6H2/t7?,8?,10-,11-,12-/m0/s1. The average molecular weight is 188 g/mol. The molecule has 2 nitrogen and oxygen atoms in total. The first kappa shape index (κ1) is 7.41. The molecular formula is C12H12O2. The fraction of sp³-hybridized carbons (Fsp3) is 0.583. The number of allylic oxidation sites excluding steroid dienone is 3. The number of rotatable bonds is 0. The lowest BCUT2D eigenvalue weighted by molar-refractivity contribution is -0.121. The maximum atomic E-state index is 11.8. The highest BCUT2D eigenvalue weighted by atomic mass is 16.6. The smallest absolute Gasteiger partial charge is 0.159 e. The first-order valence-electron chi connectivity index (χ1n) is 5.36. The molecule has 4 rings (SSSR count). The van der Waals surface area contributed by atoms with Crippen LogP contribution in [0.3, 0.4) is 0 Å². The Morgan fingerprint density at radius 3 is 2.93 bits per heavy atom. The zero-order valence-electron chi connectivity index (χ0n) is 7.85. The molecule has 1 heterocycles. The minimum absolute atomic E-state index is 0.0389. The van der Waals surface area contributed by atoms with Crippen LogP contribution >= 0.6 is 0 Å². The van der Waals surface area contributed by atoms with Gasteiger partial charge in [-0.3, -0.25) is 4.79 Å². The predicted octanol–water partition coefficient (Wildman–Crippen LogP) is 1.33. The molecule has 2 fully saturated rings. The summed E-state index contributed by atoms with van der Waals surface area (Å²) in [6, 6.07) is 0. The number of hydrogen-bond acceptors (Lipinski definition) is 2. The van der Waals surface area contributed by atoms with Crippen molar-refractivity contribution in [3.8, 4) is 0 Å². The van der Waals surface area contributed by atoms with Gasteiger partial charge in [0.15, 0.2) is 5.78 Å². The van der Waals surface area contributed by atoms with E-state index in [0.717, 1.165) is 6.61 Å². The number of ketones is 1. The molecule has 0 N–H and O–H groups in total. The van der Waals surface area contributed by atoms with Crippen molar-refractivity contribution in [1.29, 1.82) is 0 Å². The Labute approximate surface area is 82.6 Å². The van der Waals surface area contributed by atoms with Crippen molar-refractivity contribution in [3.05, 3.63) is 24.3 Å². The van der Waals surface area contributed by atoms with Crippen LogP contribution in [0.25, 0.3) is 0 Å². The molecule has 0 aromatic heterocycles. The van der Waals surface area contributed by atoms with E-state index in [2.05, 4.69) is 12.2 Å². The summed E-state index contributed by atoms with van der Waals surface area (Å²) in [5.41, 5.74) is -0.0389. The highest BCUT2D eigenvalue weighted by Gasteiger charge is 2.63. The van der Waals surface area contributed by atoms with Crippen molar-refractivity contribution in [3.63, 3.8) is 0 Å². The van der Waals surface area contributed by atoms with E-state index in [-0.39, 0.29) is 11.5 Å². The second kappa shape index (κ2) is 2.03. The lowest BCUT2D eigenvalue weighted by Crippen LogP contribution is -2.39. The maximum absolute atomic E-state index is 11.8. The molecule has 0 radical (unpaired) electrons. The van der Waals surface area contributed by atoms with Gasteiger partial charge >= 0.3 is 0 Å². The van der Waals surface area contributed by atoms with E-state index in [1.807, 2.05) is 6.08 Å². The van der Waals surface area contributed by atoms with Crippen LogP contribution in [0, 0.1) is 23.7 Å². The summed E-state index contributed by atoms with van der Waals surface area (Å²) in [5.74, 6) is 2.12. The van der Waals surface area contributed by atoms with E-state index >= 15 is 0 Å². The molecule has 2 bridgehead atoms. The average Bonchev–Trinajstić information content (AvgIpc) is 2.68. The minimum atomic E-state index is -0.0389. The largest absolute Gasteiger partial charge is 0.365 e. The highest BCUT2D eigenvalue weighted by molar-refractivity contribution is 5.94. The van der Waals surface area contributed by atoms with Gasteiger partial charge in [0.1, 0.15) is 5.60 Å². The number of ether oxygens (including phenoxy) is 1. The van der Waals surface area contributed by atoms with Gasteiger partial charge in [-0.25, -0.2) is 0 Å². The van der Waals surface area contributed by atoms with Gasteiger partial charge in [-0.2, -0.15) is 0 Å². The van der Waals surface area contributed by atoms with Crippen molar-refractivity contribution < 1.29 is 9.53 Å². The van der Waals surface area contributed by atoms with Crippen molar-refractivity contribution in [2.75, 3.05) is 6.61 Å². The molecule has 0 amide bonds. The second-order valence-corrected chi connectivity index (χ2v) is 4.98. The predicted molar refractivity (Wildman–Crippen MR) is 50.5 cm³/mol. The molecule has 1 saturated heterocycles. The molecule has 0 aromatic carbocycles. The summed E-state index contributed by atoms with van der Waals surface area (Å²) in [5, 5.41) is 0. The second-order valence-electron chi connectivity index (χ2n) is 4.98. The third kappa shape index (κ3) is 0.672. The highest BCUT2D eigenvalue weighted by Crippen LogP contribution is 2.59. The number of epoxide rings is 1. The van der Waals surface area contributed by atoms with Crippen molar-refractivity contribution in [2.24, 2.45) is 23.7 Å². The molecule has 1 saturated carbocycles. The van der Waals surface area contributed by atoms with Crippen LogP contribution in [0.15, 0.2) is 24.3 Å². The zero-order valence-corrected chi connectivity index (χ0v) is 7.85. The third-order valence-corrected chi connectivity index (χ3v) is 4.36. The Balaban J connectivity index is 1.87. The van der Waals surface area contributed by atoms with Crippen molar-refractivity contribution >= 4 is 5.78 Å². The number of carbonyl (C=O) groups excluding carboxylic acids is 1. The van der Waals surface area contributed by atoms with Crippen molar-refractivity contribution in [1.82, 2.24) is 0 Å². The summed E-state index contributed by atoms with van der Waals surface area (Å²) < 4.78 is 5.58. The van der Waals surface area contributed by atoms with Crippen LogP contribution in [0.5, 0.6) is 0 Å². The van der Waals surface area contributed by atoms with Gasteiger partial charge in [-0.1, -0.05) is 12.2 Å². The Kier molecular flexibility index (Phi) is 1.08. The summed E-state index contributed by atoms with van der Waals surface area (Å²) in [4.78, 5) is 11.8. The van der Waals surface area contributed by atoms with Crippen LogP contribution in [-0.4, -0.2) is 18.0 Å². The zero-order chi connectivity index (χ0) is 9.34. The molecular weight excluding hydrogens is 176 g/mol. The van der Waals surface area contributed by atoms with Gasteiger partial charge in [0.05, 0.1) is 6.61 Å². The van der Waals surface area contributed by atoms with Gasteiger partial charge in [-0.15, -0.1) is 0 Å². The molecule has 1 spiro atoms. The summed E-state index contributed by atoms with van der Waals surface area (Å²) in [6.45, 7) is 0.828. The summed E-state index contributed by atoms with van der Waals surface area (Å²) in [7, 11) is 0. The lowest BCUT2D eigenvalue weighted by Gasteiger charge is -2.32. The molecule has 5 atom stereocenters.